The fourth-order valence-electron chi connectivity index (χ4n) is 1.17. The highest BCUT2D eigenvalue weighted by Crippen LogP contribution is 2.46. The van der Waals surface area contributed by atoms with Crippen LogP contribution in [0.2, 0.25) is 0 Å². The molecule has 1 aliphatic carbocycles. The van der Waals surface area contributed by atoms with Crippen LogP contribution in [0.25, 0.3) is 0 Å². The van der Waals surface area contributed by atoms with Gasteiger partial charge < -0.3 is 0 Å². The average molecular weight is 151 g/mol. The summed E-state index contributed by atoms with van der Waals surface area (Å²) >= 11 is 3.75. The van der Waals surface area contributed by atoms with Crippen LogP contribution in [0.1, 0.15) is 18.4 Å². The van der Waals surface area contributed by atoms with Crippen LogP contribution in [0, 0.1) is 0 Å². The zero-order chi connectivity index (χ0) is 7.03. The molecule has 1 aromatic rings. The monoisotopic (exact) mass is 151 g/mol. The highest BCUT2D eigenvalue weighted by molar-refractivity contribution is 7.60. The molecule has 0 nitrogen and oxygen atoms in total. The van der Waals surface area contributed by atoms with Crippen LogP contribution in [0.4, 0.5) is 0 Å². The van der Waals surface area contributed by atoms with Gasteiger partial charge in [-0.3, -0.25) is 0 Å². The molecule has 0 heterocycles. The maximum Gasteiger partial charge on any atom is 0.148 e. The minimum atomic E-state index is 0.348. The van der Waals surface area contributed by atoms with Gasteiger partial charge in [0.1, 0.15) is 4.75 Å². The minimum Gasteiger partial charge on any atom is -0.0622 e. The van der Waals surface area contributed by atoms with Gasteiger partial charge in [-0.1, -0.05) is 30.3 Å². The molecule has 0 bridgehead atoms. The van der Waals surface area contributed by atoms with E-state index in [1.807, 2.05) is 0 Å². The zero-order valence-corrected chi connectivity index (χ0v) is 6.80. The summed E-state index contributed by atoms with van der Waals surface area (Å²) in [4.78, 5) is 0. The number of hydrogen-bond acceptors (Lipinski definition) is 0. The molecular formula is C9H11S+. The highest BCUT2D eigenvalue weighted by atomic mass is 32.1. The first-order chi connectivity index (χ1) is 4.81. The fraction of sp³-hybridized carbons (Fsp3) is 0.333. The van der Waals surface area contributed by atoms with E-state index in [4.69, 9.17) is 0 Å². The summed E-state index contributed by atoms with van der Waals surface area (Å²) in [5, 5.41) is 0. The largest absolute Gasteiger partial charge is 0.148 e. The topological polar surface area (TPSA) is 0 Å². The molecule has 0 saturated heterocycles. The van der Waals surface area contributed by atoms with E-state index in [1.54, 1.807) is 0 Å². The SMILES string of the molecule is [SH2+]C1(c2ccccc2)CC1. The Bertz CT molecular complexity index is 224. The van der Waals surface area contributed by atoms with Gasteiger partial charge in [-0.2, -0.15) is 0 Å². The number of benzene rings is 1. The van der Waals surface area contributed by atoms with E-state index in [0.717, 1.165) is 0 Å². The Morgan fingerprint density at radius 2 is 1.70 bits per heavy atom. The normalized spacial score (nSPS) is 20.5. The molecule has 0 N–H and O–H groups in total. The molecule has 0 unspecified atom stereocenters. The lowest BCUT2D eigenvalue weighted by Gasteiger charge is -1.99. The molecule has 1 heteroatoms. The average Bonchev–Trinajstić information content (AvgIpc) is 2.72. The molecule has 1 aliphatic rings. The van der Waals surface area contributed by atoms with Crippen molar-refractivity contribution in [3.8, 4) is 0 Å². The van der Waals surface area contributed by atoms with E-state index in [-0.39, 0.29) is 0 Å². The van der Waals surface area contributed by atoms with E-state index in [9.17, 15) is 0 Å². The molecule has 1 aromatic carbocycles. The standard InChI is InChI=1S/C9H10S/c10-9(6-7-9)8-4-2-1-3-5-8/h1-5,10H,6-7H2/p+1. The van der Waals surface area contributed by atoms with Crippen molar-refractivity contribution >= 4 is 12.6 Å². The number of hydrogen-bond donors (Lipinski definition) is 0. The molecule has 0 amide bonds. The van der Waals surface area contributed by atoms with E-state index >= 15 is 0 Å². The Morgan fingerprint density at radius 3 is 2.20 bits per heavy atom. The summed E-state index contributed by atoms with van der Waals surface area (Å²) in [7, 11) is 0. The molecule has 0 aliphatic heterocycles. The van der Waals surface area contributed by atoms with Gasteiger partial charge in [0.15, 0.2) is 0 Å². The van der Waals surface area contributed by atoms with Crippen molar-refractivity contribution in [1.82, 2.24) is 0 Å². The second kappa shape index (κ2) is 2.03. The highest BCUT2D eigenvalue weighted by Gasteiger charge is 2.47. The van der Waals surface area contributed by atoms with Crippen LogP contribution in [0.15, 0.2) is 30.3 Å². The van der Waals surface area contributed by atoms with Crippen LogP contribution in [0.5, 0.6) is 0 Å². The molecule has 1 fully saturated rings. The summed E-state index contributed by atoms with van der Waals surface area (Å²) < 4.78 is 0.348. The van der Waals surface area contributed by atoms with Gasteiger partial charge in [-0.25, -0.2) is 0 Å². The van der Waals surface area contributed by atoms with Gasteiger partial charge in [0, 0.05) is 18.4 Å². The minimum absolute atomic E-state index is 0.348. The Balaban J connectivity index is 2.35. The number of rotatable bonds is 1. The molecule has 2 rings (SSSR count). The lowest BCUT2D eigenvalue weighted by molar-refractivity contribution is 1.04. The van der Waals surface area contributed by atoms with Crippen molar-refractivity contribution < 1.29 is 0 Å². The zero-order valence-electron chi connectivity index (χ0n) is 5.80. The van der Waals surface area contributed by atoms with Gasteiger partial charge in [0.2, 0.25) is 0 Å². The molecule has 1 saturated carbocycles. The lowest BCUT2D eigenvalue weighted by atomic mass is 10.1. The van der Waals surface area contributed by atoms with Crippen molar-refractivity contribution in [3.63, 3.8) is 0 Å². The van der Waals surface area contributed by atoms with E-state index in [2.05, 4.69) is 43.0 Å². The van der Waals surface area contributed by atoms with Gasteiger partial charge >= 0.3 is 0 Å². The molecular weight excluding hydrogens is 140 g/mol. The first-order valence-corrected chi connectivity index (χ1v) is 4.12. The smallest absolute Gasteiger partial charge is 0.0622 e. The van der Waals surface area contributed by atoms with E-state index < -0.39 is 0 Å². The van der Waals surface area contributed by atoms with Crippen LogP contribution >= 0.6 is 0 Å². The first kappa shape index (κ1) is 6.29. The molecule has 10 heavy (non-hydrogen) atoms. The molecule has 0 aromatic heterocycles. The van der Waals surface area contributed by atoms with Crippen molar-refractivity contribution in [2.75, 3.05) is 0 Å². The third-order valence-electron chi connectivity index (χ3n) is 2.08. The fourth-order valence-corrected chi connectivity index (χ4v) is 1.46. The maximum absolute atomic E-state index is 3.75. The van der Waals surface area contributed by atoms with Crippen LogP contribution in [-0.4, -0.2) is 0 Å². The Hall–Kier alpha value is -0.430. The Labute approximate surface area is 66.7 Å². The summed E-state index contributed by atoms with van der Waals surface area (Å²) in [5.74, 6) is 0. The van der Waals surface area contributed by atoms with Crippen LogP contribution < -0.4 is 0 Å². The predicted octanol–water partition coefficient (Wildman–Crippen LogP) is 1.69. The first-order valence-electron chi connectivity index (χ1n) is 3.62. The van der Waals surface area contributed by atoms with Crippen molar-refractivity contribution in [3.05, 3.63) is 35.9 Å². The van der Waals surface area contributed by atoms with Gasteiger partial charge in [-0.15, -0.1) is 0 Å². The third-order valence-corrected chi connectivity index (χ3v) is 2.87. The van der Waals surface area contributed by atoms with E-state index in [1.165, 1.54) is 18.4 Å². The maximum atomic E-state index is 3.75. The van der Waals surface area contributed by atoms with Crippen LogP contribution in [0.3, 0.4) is 0 Å². The summed E-state index contributed by atoms with van der Waals surface area (Å²) in [6.07, 6.45) is 2.57. The molecule has 0 spiro atoms. The Morgan fingerprint density at radius 1 is 1.10 bits per heavy atom. The third kappa shape index (κ3) is 0.948. The Kier molecular flexibility index (Phi) is 1.27. The lowest BCUT2D eigenvalue weighted by Crippen LogP contribution is -1.98. The second-order valence-corrected chi connectivity index (χ2v) is 3.91. The summed E-state index contributed by atoms with van der Waals surface area (Å²) in [6.45, 7) is 0. The van der Waals surface area contributed by atoms with Gasteiger partial charge in [-0.05, 0) is 12.6 Å². The molecule has 0 radical (unpaired) electrons. The quantitative estimate of drug-likeness (QED) is 0.536. The van der Waals surface area contributed by atoms with Gasteiger partial charge in [0.05, 0.1) is 0 Å². The van der Waals surface area contributed by atoms with E-state index in [0.29, 0.717) is 4.75 Å². The second-order valence-electron chi connectivity index (χ2n) is 2.95. The molecule has 52 valence electrons. The predicted molar refractivity (Wildman–Crippen MR) is 47.5 cm³/mol. The van der Waals surface area contributed by atoms with Crippen molar-refractivity contribution in [2.24, 2.45) is 0 Å². The summed E-state index contributed by atoms with van der Waals surface area (Å²) in [5.41, 5.74) is 1.42. The van der Waals surface area contributed by atoms with Crippen molar-refractivity contribution in [2.45, 2.75) is 17.6 Å². The van der Waals surface area contributed by atoms with Crippen molar-refractivity contribution in [1.29, 1.82) is 0 Å². The molecule has 0 atom stereocenters. The van der Waals surface area contributed by atoms with Gasteiger partial charge in [0.25, 0.3) is 0 Å². The summed E-state index contributed by atoms with van der Waals surface area (Å²) in [6, 6.07) is 10.6. The van der Waals surface area contributed by atoms with Crippen LogP contribution in [-0.2, 0) is 17.4 Å².